The van der Waals surface area contributed by atoms with Gasteiger partial charge in [-0.2, -0.15) is 0 Å². The normalized spacial score (nSPS) is 19.6. The van der Waals surface area contributed by atoms with Gasteiger partial charge in [-0.25, -0.2) is 4.99 Å². The van der Waals surface area contributed by atoms with Crippen LogP contribution in [-0.4, -0.2) is 18.6 Å². The van der Waals surface area contributed by atoms with Crippen molar-refractivity contribution in [1.29, 1.82) is 0 Å². The van der Waals surface area contributed by atoms with Crippen LogP contribution in [0.4, 0.5) is 17.1 Å². The quantitative estimate of drug-likeness (QED) is 0.0853. The Morgan fingerprint density at radius 1 is 0.602 bits per heavy atom. The van der Waals surface area contributed by atoms with Gasteiger partial charge in [-0.3, -0.25) is 4.99 Å². The maximum absolute atomic E-state index is 6.65. The zero-order valence-corrected chi connectivity index (χ0v) is 48.4. The molecule has 3 unspecified atom stereocenters. The molecule has 0 spiro atoms. The number of hydrogen-bond donors (Lipinski definition) is 0. The third kappa shape index (κ3) is 9.92. The first-order valence-electron chi connectivity index (χ1n) is 30.2. The fourth-order valence-electron chi connectivity index (χ4n) is 13.8. The number of hydrogen-bond acceptors (Lipinski definition) is 3. The van der Waals surface area contributed by atoms with Crippen LogP contribution in [0.25, 0.3) is 62.1 Å². The van der Waals surface area contributed by atoms with E-state index in [1.165, 1.54) is 92.5 Å². The second-order valence-corrected chi connectivity index (χ2v) is 24.1. The van der Waals surface area contributed by atoms with E-state index < -0.39 is 0 Å². The Kier molecular flexibility index (Phi) is 13.7. The van der Waals surface area contributed by atoms with E-state index in [1.54, 1.807) is 5.57 Å². The highest BCUT2D eigenvalue weighted by molar-refractivity contribution is 6.18. The van der Waals surface area contributed by atoms with Crippen molar-refractivity contribution in [2.75, 3.05) is 11.9 Å². The van der Waals surface area contributed by atoms with Crippen LogP contribution in [-0.2, 0) is 0 Å². The summed E-state index contributed by atoms with van der Waals surface area (Å²) in [5, 5.41) is 2.15. The highest BCUT2D eigenvalue weighted by atomic mass is 16.3. The van der Waals surface area contributed by atoms with Crippen molar-refractivity contribution in [1.82, 2.24) is 0 Å². The van der Waals surface area contributed by atoms with Crippen LogP contribution in [0.5, 0.6) is 0 Å². The number of furan rings is 1. The molecule has 2 saturated carbocycles. The number of fused-ring (bicyclic) bond motifs is 3. The van der Waals surface area contributed by atoms with Crippen LogP contribution in [0.1, 0.15) is 110 Å². The molecule has 408 valence electrons. The molecule has 1 heterocycles. The average molecular weight is 1080 g/mol. The maximum atomic E-state index is 6.65. The molecule has 0 aliphatic heterocycles. The second-order valence-electron chi connectivity index (χ2n) is 24.1. The van der Waals surface area contributed by atoms with Crippen molar-refractivity contribution in [3.8, 4) is 33.4 Å². The molecule has 0 N–H and O–H groups in total. The van der Waals surface area contributed by atoms with E-state index >= 15 is 0 Å². The van der Waals surface area contributed by atoms with Crippen molar-refractivity contribution in [2.24, 2.45) is 27.2 Å². The molecule has 14 rings (SSSR count). The molecule has 1 aromatic heterocycles. The molecule has 9 aromatic rings. The van der Waals surface area contributed by atoms with Crippen molar-refractivity contribution in [3.63, 3.8) is 0 Å². The van der Waals surface area contributed by atoms with E-state index in [2.05, 4.69) is 263 Å². The van der Waals surface area contributed by atoms with Crippen LogP contribution in [0.3, 0.4) is 0 Å². The van der Waals surface area contributed by atoms with Gasteiger partial charge in [0.2, 0.25) is 0 Å². The zero-order valence-electron chi connectivity index (χ0n) is 48.4. The molecular weight excluding hydrogens is 1010 g/mol. The van der Waals surface area contributed by atoms with E-state index in [0.717, 1.165) is 80.7 Å². The summed E-state index contributed by atoms with van der Waals surface area (Å²) in [6, 6.07) is 67.4. The molecule has 83 heavy (non-hydrogen) atoms. The number of amidine groups is 1. The van der Waals surface area contributed by atoms with Gasteiger partial charge in [0, 0.05) is 51.6 Å². The summed E-state index contributed by atoms with van der Waals surface area (Å²) in [4.78, 5) is 12.8. The number of aryl methyl sites for hydroxylation is 1. The Bertz CT molecular complexity index is 4290. The van der Waals surface area contributed by atoms with Crippen molar-refractivity contribution in [2.45, 2.75) is 84.5 Å². The minimum atomic E-state index is -0.293. The van der Waals surface area contributed by atoms with Crippen LogP contribution in [0.2, 0.25) is 0 Å². The lowest BCUT2D eigenvalue weighted by Crippen LogP contribution is -2.29. The topological polar surface area (TPSA) is 41.1 Å². The summed E-state index contributed by atoms with van der Waals surface area (Å²) in [5.41, 5.74) is 25.6. The first-order chi connectivity index (χ1) is 40.7. The molecule has 8 aromatic carbocycles. The molecular formula is C79H71N3O. The number of allylic oxidation sites excluding steroid dienone is 8. The molecule has 4 nitrogen and oxygen atoms in total. The number of aliphatic imine (C=N–C) groups is 2. The van der Waals surface area contributed by atoms with Gasteiger partial charge < -0.3 is 9.32 Å². The van der Waals surface area contributed by atoms with E-state index in [1.807, 2.05) is 7.05 Å². The van der Waals surface area contributed by atoms with Gasteiger partial charge in [-0.15, -0.1) is 0 Å². The van der Waals surface area contributed by atoms with E-state index in [9.17, 15) is 0 Å². The summed E-state index contributed by atoms with van der Waals surface area (Å²) in [5.74, 6) is 2.75. The second kappa shape index (κ2) is 21.8. The number of rotatable bonds is 13. The molecule has 4 heteroatoms. The molecule has 3 atom stereocenters. The minimum absolute atomic E-state index is 0.138. The van der Waals surface area contributed by atoms with Gasteiger partial charge in [-0.05, 0) is 197 Å². The van der Waals surface area contributed by atoms with Crippen LogP contribution < -0.4 is 15.5 Å². The molecule has 0 saturated heterocycles. The Morgan fingerprint density at radius 3 is 1.93 bits per heavy atom. The fourth-order valence-corrected chi connectivity index (χ4v) is 13.8. The number of anilines is 3. The van der Waals surface area contributed by atoms with Gasteiger partial charge >= 0.3 is 0 Å². The van der Waals surface area contributed by atoms with Crippen LogP contribution >= 0.6 is 0 Å². The average Bonchev–Trinajstić information content (AvgIpc) is 4.17. The van der Waals surface area contributed by atoms with Gasteiger partial charge in [-0.1, -0.05) is 201 Å². The van der Waals surface area contributed by atoms with Crippen LogP contribution in [0.15, 0.2) is 238 Å². The molecule has 5 aliphatic carbocycles. The fraction of sp³-hybridized carbons (Fsp3) is 0.215. The summed E-state index contributed by atoms with van der Waals surface area (Å²) in [6.07, 6.45) is 26.2. The van der Waals surface area contributed by atoms with Gasteiger partial charge in [0.15, 0.2) is 5.84 Å². The molecule has 0 amide bonds. The molecule has 2 fully saturated rings. The van der Waals surface area contributed by atoms with E-state index in [0.29, 0.717) is 17.7 Å². The highest BCUT2D eigenvalue weighted by Gasteiger charge is 2.34. The van der Waals surface area contributed by atoms with Gasteiger partial charge in [0.05, 0.1) is 5.71 Å². The lowest BCUT2D eigenvalue weighted by molar-refractivity contribution is 0.570. The molecule has 5 aliphatic rings. The predicted molar refractivity (Wildman–Crippen MR) is 350 cm³/mol. The summed E-state index contributed by atoms with van der Waals surface area (Å²) < 4.78 is 6.65. The molecule has 0 radical (unpaired) electrons. The summed E-state index contributed by atoms with van der Waals surface area (Å²) in [6.45, 7) is 9.25. The standard InChI is InChI=1S/C79H71N3O/c1-51-18-10-11-22-64(51)68-27-16-25-67(75(68)58-32-33-58)56-38-45-63(46-39-56)82(62-43-36-55(37-44-62)65-23-15-24-66(53(65)3)69-26-14-19-52(2)74(69)57-30-31-57)61-41-34-54(35-42-61)60-40-47-72-71(50-60)76-70(28-17-29-73(76)83-72)78(80-5)81-77(59-20-8-6-9-21-59)79(4)48-12-7-13-49-79/h6-18,20-29,34-39,41-48,50,52,57-58,60H,19,30-33,40,49H2,1-5H3. The van der Waals surface area contributed by atoms with Crippen molar-refractivity contribution in [3.05, 3.63) is 274 Å². The Hall–Kier alpha value is -8.86. The summed E-state index contributed by atoms with van der Waals surface area (Å²) >= 11 is 0. The van der Waals surface area contributed by atoms with Crippen molar-refractivity contribution < 1.29 is 4.42 Å². The van der Waals surface area contributed by atoms with Crippen LogP contribution in [0, 0.1) is 31.1 Å². The maximum Gasteiger partial charge on any atom is 0.155 e. The lowest BCUT2D eigenvalue weighted by Gasteiger charge is -2.29. The predicted octanol–water partition coefficient (Wildman–Crippen LogP) is 19.3. The van der Waals surface area contributed by atoms with E-state index in [-0.39, 0.29) is 11.3 Å². The highest BCUT2D eigenvalue weighted by Crippen LogP contribution is 2.51. The van der Waals surface area contributed by atoms with Gasteiger partial charge in [0.25, 0.3) is 0 Å². The van der Waals surface area contributed by atoms with Gasteiger partial charge in [0.1, 0.15) is 11.0 Å². The Morgan fingerprint density at radius 2 is 1.24 bits per heavy atom. The Balaban J connectivity index is 0.827. The van der Waals surface area contributed by atoms with E-state index in [4.69, 9.17) is 14.4 Å². The first-order valence-corrected chi connectivity index (χ1v) is 30.2. The number of nitrogens with zero attached hydrogens (tertiary/aromatic N) is 3. The minimum Gasteiger partial charge on any atom is -0.456 e. The largest absolute Gasteiger partial charge is 0.456 e. The number of benzene rings is 8. The Labute approximate surface area is 489 Å². The third-order valence-corrected chi connectivity index (χ3v) is 18.5. The summed E-state index contributed by atoms with van der Waals surface area (Å²) in [7, 11) is 1.85. The molecule has 0 bridgehead atoms. The third-order valence-electron chi connectivity index (χ3n) is 18.5. The SMILES string of the molecule is CN=C(N=C(c1ccccc1)C1(C)C=CC=CC1)c1cccc2oc3c(c12)=CC(c1ccc(N(c2ccc(-c4cccc(C5=C(C6CC6)C(C)CC=C5)c4C)cc2)c2ccc(-c4cccc(-c5ccccc5C)c4C4CC4)cc2)cc1)CC=3. The lowest BCUT2D eigenvalue weighted by atomic mass is 9.76. The first kappa shape index (κ1) is 52.2. The zero-order chi connectivity index (χ0) is 56.2. The van der Waals surface area contributed by atoms with Crippen molar-refractivity contribution >= 4 is 57.3 Å². The monoisotopic (exact) mass is 1080 g/mol. The smallest absolute Gasteiger partial charge is 0.155 e.